The minimum absolute atomic E-state index is 0.00378. The molecule has 1 N–H and O–H groups in total. The lowest BCUT2D eigenvalue weighted by Crippen LogP contribution is -2.59. The van der Waals surface area contributed by atoms with Crippen molar-refractivity contribution in [2.24, 2.45) is 0 Å². The molecule has 0 saturated carbocycles. The highest BCUT2D eigenvalue weighted by molar-refractivity contribution is 6.33. The molecule has 10 heteroatoms. The third kappa shape index (κ3) is 4.47. The van der Waals surface area contributed by atoms with E-state index in [4.69, 9.17) is 16.3 Å². The average Bonchev–Trinajstić information content (AvgIpc) is 3.06. The van der Waals surface area contributed by atoms with E-state index in [1.54, 1.807) is 17.6 Å². The number of halogens is 3. The zero-order chi connectivity index (χ0) is 22.0. The van der Waals surface area contributed by atoms with Crippen molar-refractivity contribution < 1.29 is 18.3 Å². The van der Waals surface area contributed by atoms with Crippen molar-refractivity contribution in [3.05, 3.63) is 41.8 Å². The normalized spacial score (nSPS) is 14.3. The smallest absolute Gasteiger partial charge is 0.325 e. The van der Waals surface area contributed by atoms with E-state index in [0.717, 1.165) is 16.5 Å². The predicted molar refractivity (Wildman–Crippen MR) is 115 cm³/mol. The Bertz CT molecular complexity index is 1080. The van der Waals surface area contributed by atoms with Gasteiger partial charge in [0.2, 0.25) is 0 Å². The number of esters is 1. The first-order valence-corrected chi connectivity index (χ1v) is 10.4. The summed E-state index contributed by atoms with van der Waals surface area (Å²) in [6, 6.07) is 7.38. The molecular formula is C21H22ClF2N5O2. The van der Waals surface area contributed by atoms with Gasteiger partial charge in [-0.3, -0.25) is 4.79 Å². The summed E-state index contributed by atoms with van der Waals surface area (Å²) in [5.74, 6) is 0.308. The lowest BCUT2D eigenvalue weighted by atomic mass is 10.0. The molecule has 4 rings (SSSR count). The van der Waals surface area contributed by atoms with Crippen LogP contribution in [0, 0.1) is 0 Å². The molecule has 1 aliphatic heterocycles. The van der Waals surface area contributed by atoms with Crippen LogP contribution >= 0.6 is 11.6 Å². The number of nitrogens with one attached hydrogen (secondary N) is 1. The average molecular weight is 450 g/mol. The quantitative estimate of drug-likeness (QED) is 0.532. The number of nitrogens with zero attached hydrogens (tertiary/aromatic N) is 4. The number of rotatable bonds is 8. The van der Waals surface area contributed by atoms with Crippen LogP contribution < -0.4 is 10.2 Å². The minimum atomic E-state index is -2.39. The van der Waals surface area contributed by atoms with Crippen LogP contribution in [0.4, 0.5) is 14.6 Å². The maximum absolute atomic E-state index is 12.5. The van der Waals surface area contributed by atoms with Crippen molar-refractivity contribution in [1.29, 1.82) is 0 Å². The van der Waals surface area contributed by atoms with Gasteiger partial charge in [-0.05, 0) is 13.0 Å². The van der Waals surface area contributed by atoms with E-state index in [2.05, 4.69) is 15.3 Å². The molecule has 1 saturated heterocycles. The first kappa shape index (κ1) is 21.5. The van der Waals surface area contributed by atoms with E-state index in [9.17, 15) is 13.6 Å². The first-order valence-electron chi connectivity index (χ1n) is 9.98. The Morgan fingerprint density at radius 3 is 2.77 bits per heavy atom. The molecule has 7 nitrogen and oxygen atoms in total. The van der Waals surface area contributed by atoms with Crippen LogP contribution in [0.25, 0.3) is 22.2 Å². The summed E-state index contributed by atoms with van der Waals surface area (Å²) in [6.07, 6.45) is 0.881. The Labute approximate surface area is 183 Å². The molecule has 3 heterocycles. The van der Waals surface area contributed by atoms with Gasteiger partial charge in [-0.2, -0.15) is 0 Å². The fourth-order valence-electron chi connectivity index (χ4n) is 3.73. The van der Waals surface area contributed by atoms with Crippen LogP contribution in [0.1, 0.15) is 6.92 Å². The fraction of sp³-hybridized carbons (Fsp3) is 0.381. The SMILES string of the molecule is CCOC(=O)Cn1cc(-c2ccccc2Cl)c2c(N3CC(NCC(F)F)C3)ncnc21. The molecule has 164 valence electrons. The van der Waals surface area contributed by atoms with E-state index in [1.807, 2.05) is 29.3 Å². The van der Waals surface area contributed by atoms with Gasteiger partial charge in [-0.1, -0.05) is 29.8 Å². The van der Waals surface area contributed by atoms with Crippen molar-refractivity contribution in [1.82, 2.24) is 19.9 Å². The molecule has 2 aromatic heterocycles. The molecule has 0 bridgehead atoms. The molecular weight excluding hydrogens is 428 g/mol. The number of alkyl halides is 2. The van der Waals surface area contributed by atoms with Gasteiger partial charge in [0.1, 0.15) is 24.3 Å². The van der Waals surface area contributed by atoms with Gasteiger partial charge >= 0.3 is 5.97 Å². The molecule has 0 radical (unpaired) electrons. The van der Waals surface area contributed by atoms with Gasteiger partial charge in [-0.15, -0.1) is 0 Å². The molecule has 0 unspecified atom stereocenters. The summed E-state index contributed by atoms with van der Waals surface area (Å²) in [5.41, 5.74) is 2.17. The second-order valence-electron chi connectivity index (χ2n) is 7.25. The maximum Gasteiger partial charge on any atom is 0.325 e. The number of aromatic nitrogens is 3. The highest BCUT2D eigenvalue weighted by Gasteiger charge is 2.31. The third-order valence-corrected chi connectivity index (χ3v) is 5.47. The number of carbonyl (C=O) groups excluding carboxylic acids is 1. The zero-order valence-electron chi connectivity index (χ0n) is 16.9. The monoisotopic (exact) mass is 449 g/mol. The Balaban J connectivity index is 1.73. The van der Waals surface area contributed by atoms with Crippen molar-refractivity contribution in [3.63, 3.8) is 0 Å². The summed E-state index contributed by atoms with van der Waals surface area (Å²) in [4.78, 5) is 23.0. The second-order valence-corrected chi connectivity index (χ2v) is 7.66. The minimum Gasteiger partial charge on any atom is -0.465 e. The van der Waals surface area contributed by atoms with Crippen LogP contribution in [0.2, 0.25) is 5.02 Å². The number of benzene rings is 1. The molecule has 0 aliphatic carbocycles. The van der Waals surface area contributed by atoms with E-state index < -0.39 is 6.43 Å². The summed E-state index contributed by atoms with van der Waals surface area (Å²) < 4.78 is 31.8. The summed E-state index contributed by atoms with van der Waals surface area (Å²) in [6.45, 7) is 2.80. The summed E-state index contributed by atoms with van der Waals surface area (Å²) in [7, 11) is 0. The lowest BCUT2D eigenvalue weighted by Gasteiger charge is -2.40. The van der Waals surface area contributed by atoms with Gasteiger partial charge in [0.15, 0.2) is 0 Å². The summed E-state index contributed by atoms with van der Waals surface area (Å²) >= 11 is 6.46. The van der Waals surface area contributed by atoms with Gasteiger partial charge in [0, 0.05) is 41.5 Å². The predicted octanol–water partition coefficient (Wildman–Crippen LogP) is 3.36. The lowest BCUT2D eigenvalue weighted by molar-refractivity contribution is -0.143. The molecule has 31 heavy (non-hydrogen) atoms. The van der Waals surface area contributed by atoms with E-state index in [1.165, 1.54) is 6.33 Å². The van der Waals surface area contributed by atoms with E-state index in [-0.39, 0.29) is 31.7 Å². The number of carbonyl (C=O) groups is 1. The topological polar surface area (TPSA) is 72.3 Å². The van der Waals surface area contributed by atoms with Gasteiger partial charge in [-0.25, -0.2) is 18.7 Å². The highest BCUT2D eigenvalue weighted by atomic mass is 35.5. The van der Waals surface area contributed by atoms with E-state index in [0.29, 0.717) is 29.6 Å². The molecule has 1 fully saturated rings. The molecule has 0 amide bonds. The molecule has 0 spiro atoms. The Morgan fingerprint density at radius 1 is 1.29 bits per heavy atom. The molecule has 1 aliphatic rings. The van der Waals surface area contributed by atoms with Crippen molar-refractivity contribution in [2.45, 2.75) is 25.9 Å². The molecule has 1 aromatic carbocycles. The fourth-order valence-corrected chi connectivity index (χ4v) is 3.97. The van der Waals surface area contributed by atoms with Crippen molar-refractivity contribution in [2.75, 3.05) is 31.1 Å². The standard InChI is InChI=1S/C21H22ClF2N5O2/c1-2-31-18(30)11-29-10-15(14-5-3-4-6-16(14)22)19-20(26-12-27-21(19)29)28-8-13(9-28)25-7-17(23)24/h3-6,10,12-13,17,25H,2,7-9,11H2,1H3. The summed E-state index contributed by atoms with van der Waals surface area (Å²) in [5, 5.41) is 4.16. The van der Waals surface area contributed by atoms with E-state index >= 15 is 0 Å². The number of fused-ring (bicyclic) bond motifs is 1. The first-order chi connectivity index (χ1) is 15.0. The van der Waals surface area contributed by atoms with Crippen molar-refractivity contribution in [3.8, 4) is 11.1 Å². The van der Waals surface area contributed by atoms with Crippen LogP contribution in [0.15, 0.2) is 36.8 Å². The molecule has 0 atom stereocenters. The molecule has 3 aromatic rings. The van der Waals surface area contributed by atoms with Crippen LogP contribution in [-0.4, -0.2) is 59.2 Å². The Morgan fingerprint density at radius 2 is 2.06 bits per heavy atom. The Kier molecular flexibility index (Phi) is 6.33. The number of hydrogen-bond donors (Lipinski definition) is 1. The van der Waals surface area contributed by atoms with Crippen LogP contribution in [0.3, 0.4) is 0 Å². The van der Waals surface area contributed by atoms with Crippen LogP contribution in [0.5, 0.6) is 0 Å². The number of anilines is 1. The van der Waals surface area contributed by atoms with Crippen molar-refractivity contribution >= 4 is 34.4 Å². The number of ether oxygens (including phenoxy) is 1. The zero-order valence-corrected chi connectivity index (χ0v) is 17.6. The maximum atomic E-state index is 12.5. The van der Waals surface area contributed by atoms with Gasteiger partial charge in [0.05, 0.1) is 18.5 Å². The Hall–Kier alpha value is -2.78. The number of hydrogen-bond acceptors (Lipinski definition) is 6. The second kappa shape index (κ2) is 9.15. The van der Waals surface area contributed by atoms with Gasteiger partial charge in [0.25, 0.3) is 6.43 Å². The largest absolute Gasteiger partial charge is 0.465 e. The third-order valence-electron chi connectivity index (χ3n) is 5.14. The van der Waals surface area contributed by atoms with Gasteiger partial charge < -0.3 is 19.5 Å². The van der Waals surface area contributed by atoms with Crippen LogP contribution in [-0.2, 0) is 16.1 Å². The highest BCUT2D eigenvalue weighted by Crippen LogP contribution is 2.39.